The first-order chi connectivity index (χ1) is 18.0. The van der Waals surface area contributed by atoms with E-state index in [4.69, 9.17) is 16.3 Å². The molecule has 0 aliphatic carbocycles. The van der Waals surface area contributed by atoms with Gasteiger partial charge >= 0.3 is 6.03 Å². The summed E-state index contributed by atoms with van der Waals surface area (Å²) in [6.07, 6.45) is 4.23. The molecule has 186 valence electrons. The van der Waals surface area contributed by atoms with Crippen LogP contribution >= 0.6 is 11.6 Å². The number of para-hydroxylation sites is 2. The molecule has 4 amide bonds. The van der Waals surface area contributed by atoms with Gasteiger partial charge in [-0.3, -0.25) is 14.9 Å². The summed E-state index contributed by atoms with van der Waals surface area (Å²) in [5.41, 5.74) is 2.96. The van der Waals surface area contributed by atoms with E-state index < -0.39 is 17.8 Å². The summed E-state index contributed by atoms with van der Waals surface area (Å²) < 4.78 is 7.84. The maximum Gasteiger partial charge on any atom is 0.335 e. The van der Waals surface area contributed by atoms with Crippen LogP contribution in [0.1, 0.15) is 18.1 Å². The Balaban J connectivity index is 1.45. The number of halogens is 1. The minimum atomic E-state index is -0.768. The molecule has 0 atom stereocenters. The third kappa shape index (κ3) is 4.86. The molecular weight excluding hydrogens is 490 g/mol. The number of imide groups is 2. The van der Waals surface area contributed by atoms with Crippen molar-refractivity contribution in [3.8, 4) is 5.75 Å². The number of nitrogens with zero attached hydrogens (tertiary/aromatic N) is 2. The number of fused-ring (bicyclic) bond motifs is 1. The Morgan fingerprint density at radius 1 is 0.946 bits per heavy atom. The molecule has 37 heavy (non-hydrogen) atoms. The predicted molar refractivity (Wildman–Crippen MR) is 144 cm³/mol. The van der Waals surface area contributed by atoms with Crippen LogP contribution in [0.25, 0.3) is 17.0 Å². The van der Waals surface area contributed by atoms with Crippen LogP contribution in [0.4, 0.5) is 10.5 Å². The highest BCUT2D eigenvalue weighted by Crippen LogP contribution is 2.28. The van der Waals surface area contributed by atoms with Crippen LogP contribution in [-0.2, 0) is 22.6 Å². The van der Waals surface area contributed by atoms with Gasteiger partial charge in [0.05, 0.1) is 17.3 Å². The number of carbonyl (C=O) groups excluding carboxylic acids is 3. The average molecular weight is 514 g/mol. The number of hydrogen-bond acceptors (Lipinski definition) is 4. The van der Waals surface area contributed by atoms with Gasteiger partial charge in [-0.05, 0) is 48.4 Å². The number of anilines is 1. The van der Waals surface area contributed by atoms with Crippen molar-refractivity contribution in [2.24, 2.45) is 0 Å². The number of amides is 4. The molecule has 1 aliphatic rings. The van der Waals surface area contributed by atoms with Crippen molar-refractivity contribution in [2.45, 2.75) is 19.9 Å². The highest BCUT2D eigenvalue weighted by atomic mass is 35.5. The van der Waals surface area contributed by atoms with Gasteiger partial charge in [-0.1, -0.05) is 61.0 Å². The lowest BCUT2D eigenvalue weighted by Gasteiger charge is -2.26. The molecule has 1 aliphatic heterocycles. The van der Waals surface area contributed by atoms with Gasteiger partial charge in [-0.2, -0.15) is 0 Å². The van der Waals surface area contributed by atoms with Crippen molar-refractivity contribution in [1.82, 2.24) is 9.88 Å². The monoisotopic (exact) mass is 513 g/mol. The van der Waals surface area contributed by atoms with Crippen molar-refractivity contribution in [3.63, 3.8) is 0 Å². The fourth-order valence-electron chi connectivity index (χ4n) is 4.32. The number of aromatic nitrogens is 1. The molecule has 1 saturated heterocycles. The Morgan fingerprint density at radius 3 is 2.43 bits per heavy atom. The molecule has 2 heterocycles. The fraction of sp³-hybridized carbons (Fsp3) is 0.138. The molecule has 0 saturated carbocycles. The van der Waals surface area contributed by atoms with E-state index in [2.05, 4.69) is 5.32 Å². The average Bonchev–Trinajstić information content (AvgIpc) is 3.25. The second kappa shape index (κ2) is 10.3. The third-order valence-corrected chi connectivity index (χ3v) is 6.56. The van der Waals surface area contributed by atoms with Crippen LogP contribution in [0.3, 0.4) is 0 Å². The van der Waals surface area contributed by atoms with E-state index in [1.54, 1.807) is 18.2 Å². The van der Waals surface area contributed by atoms with E-state index >= 15 is 0 Å². The summed E-state index contributed by atoms with van der Waals surface area (Å²) in [4.78, 5) is 39.6. The standard InChI is InChI=1S/C29H24ClN3O4/c1-2-19-11-13-21(14-12-19)33-28(35)23(27(34)31-29(33)36)17-20-18-32(25-9-5-3-7-22(20)25)15-16-37-26-10-6-4-8-24(26)30/h3-14,17-18H,2,15-16H2,1H3,(H,31,34,36)/b23-17-. The minimum Gasteiger partial charge on any atom is -0.490 e. The molecule has 7 nitrogen and oxygen atoms in total. The van der Waals surface area contributed by atoms with Crippen LogP contribution in [0.5, 0.6) is 5.75 Å². The normalized spacial score (nSPS) is 14.9. The lowest BCUT2D eigenvalue weighted by Crippen LogP contribution is -2.54. The first-order valence-corrected chi connectivity index (χ1v) is 12.3. The lowest BCUT2D eigenvalue weighted by molar-refractivity contribution is -0.122. The number of benzene rings is 3. The van der Waals surface area contributed by atoms with Crippen molar-refractivity contribution in [2.75, 3.05) is 11.5 Å². The van der Waals surface area contributed by atoms with Gasteiger partial charge in [-0.25, -0.2) is 9.69 Å². The predicted octanol–water partition coefficient (Wildman–Crippen LogP) is 5.60. The first-order valence-electron chi connectivity index (χ1n) is 11.9. The highest BCUT2D eigenvalue weighted by molar-refractivity contribution is 6.39. The third-order valence-electron chi connectivity index (χ3n) is 6.25. The number of barbiturate groups is 1. The molecule has 0 radical (unpaired) electrons. The second-order valence-electron chi connectivity index (χ2n) is 8.55. The summed E-state index contributed by atoms with van der Waals surface area (Å²) in [6.45, 7) is 2.91. The minimum absolute atomic E-state index is 0.116. The summed E-state index contributed by atoms with van der Waals surface area (Å²) in [7, 11) is 0. The number of carbonyl (C=O) groups is 3. The lowest BCUT2D eigenvalue weighted by atomic mass is 10.1. The SMILES string of the molecule is CCc1ccc(N2C(=O)NC(=O)/C(=C/c3cn(CCOc4ccccc4Cl)c4ccccc34)C2=O)cc1. The number of nitrogens with one attached hydrogen (secondary N) is 1. The maximum absolute atomic E-state index is 13.3. The van der Waals surface area contributed by atoms with Crippen molar-refractivity contribution >= 4 is 52.1 Å². The van der Waals surface area contributed by atoms with Gasteiger partial charge in [0.15, 0.2) is 0 Å². The van der Waals surface area contributed by atoms with Crippen LogP contribution in [0.2, 0.25) is 5.02 Å². The molecule has 1 fully saturated rings. The quantitative estimate of drug-likeness (QED) is 0.257. The second-order valence-corrected chi connectivity index (χ2v) is 8.96. The van der Waals surface area contributed by atoms with E-state index in [0.717, 1.165) is 27.8 Å². The topological polar surface area (TPSA) is 80.6 Å². The zero-order valence-electron chi connectivity index (χ0n) is 20.1. The van der Waals surface area contributed by atoms with E-state index in [-0.39, 0.29) is 5.57 Å². The van der Waals surface area contributed by atoms with Crippen LogP contribution in [-0.4, -0.2) is 29.0 Å². The van der Waals surface area contributed by atoms with Gasteiger partial charge in [0, 0.05) is 22.7 Å². The van der Waals surface area contributed by atoms with Crippen molar-refractivity contribution in [1.29, 1.82) is 0 Å². The molecule has 4 aromatic rings. The van der Waals surface area contributed by atoms with Gasteiger partial charge in [0.2, 0.25) is 0 Å². The Morgan fingerprint density at radius 2 is 1.68 bits per heavy atom. The van der Waals surface area contributed by atoms with Gasteiger partial charge < -0.3 is 9.30 Å². The summed E-state index contributed by atoms with van der Waals surface area (Å²) in [6, 6.07) is 21.3. The molecule has 0 bridgehead atoms. The molecule has 1 N–H and O–H groups in total. The van der Waals surface area contributed by atoms with E-state index in [9.17, 15) is 14.4 Å². The zero-order valence-corrected chi connectivity index (χ0v) is 20.9. The molecule has 8 heteroatoms. The summed E-state index contributed by atoms with van der Waals surface area (Å²) in [5.74, 6) is -0.795. The number of aryl methyl sites for hydroxylation is 1. The number of hydrogen-bond donors (Lipinski definition) is 1. The van der Waals surface area contributed by atoms with Crippen LogP contribution in [0, 0.1) is 0 Å². The van der Waals surface area contributed by atoms with Gasteiger partial charge in [0.1, 0.15) is 17.9 Å². The van der Waals surface area contributed by atoms with Crippen molar-refractivity contribution in [3.05, 3.63) is 101 Å². The van der Waals surface area contributed by atoms with Crippen LogP contribution in [0.15, 0.2) is 84.6 Å². The number of rotatable bonds is 7. The molecular formula is C29H24ClN3O4. The van der Waals surface area contributed by atoms with Gasteiger partial charge in [-0.15, -0.1) is 0 Å². The molecule has 0 unspecified atom stereocenters. The maximum atomic E-state index is 13.3. The number of ether oxygens (including phenoxy) is 1. The summed E-state index contributed by atoms with van der Waals surface area (Å²) >= 11 is 6.19. The van der Waals surface area contributed by atoms with Crippen molar-refractivity contribution < 1.29 is 19.1 Å². The first kappa shape index (κ1) is 24.3. The van der Waals surface area contributed by atoms with Crippen LogP contribution < -0.4 is 15.0 Å². The largest absolute Gasteiger partial charge is 0.490 e. The molecule has 0 spiro atoms. The number of urea groups is 1. The molecule has 3 aromatic carbocycles. The smallest absolute Gasteiger partial charge is 0.335 e. The molecule has 5 rings (SSSR count). The highest BCUT2D eigenvalue weighted by Gasteiger charge is 2.37. The van der Waals surface area contributed by atoms with E-state index in [1.807, 2.05) is 72.3 Å². The van der Waals surface area contributed by atoms with E-state index in [0.29, 0.717) is 35.2 Å². The Hall–Kier alpha value is -4.36. The Bertz CT molecular complexity index is 1540. The fourth-order valence-corrected chi connectivity index (χ4v) is 4.51. The Kier molecular flexibility index (Phi) is 6.79. The molecule has 1 aromatic heterocycles. The Labute approximate surface area is 218 Å². The van der Waals surface area contributed by atoms with E-state index in [1.165, 1.54) is 6.08 Å². The zero-order chi connectivity index (χ0) is 25.9. The van der Waals surface area contributed by atoms with Gasteiger partial charge in [0.25, 0.3) is 11.8 Å². The summed E-state index contributed by atoms with van der Waals surface area (Å²) in [5, 5.41) is 3.69.